The van der Waals surface area contributed by atoms with Gasteiger partial charge in [0.1, 0.15) is 0 Å². The normalized spacial score (nSPS) is 11.6. The fourth-order valence-electron chi connectivity index (χ4n) is 1.91. The van der Waals surface area contributed by atoms with Crippen LogP contribution in [0.1, 0.15) is 30.9 Å². The number of hydrogen-bond acceptors (Lipinski definition) is 2. The molecular formula is C16H18BrNO2S. The molecule has 0 aliphatic carbocycles. The molecule has 0 aliphatic rings. The minimum absolute atomic E-state index is 0.264. The maximum Gasteiger partial charge on any atom is 0.261 e. The standard InChI is InChI=1S/C16H18BrNO2S/c1-12(2)14-5-7-15(8-6-14)18-21(19,20)16-9-3-13(11-17)4-10-16/h3-10,12,18H,11H2,1-2H3. The van der Waals surface area contributed by atoms with Gasteiger partial charge in [0, 0.05) is 11.0 Å². The molecule has 0 bridgehead atoms. The molecule has 2 aromatic carbocycles. The van der Waals surface area contributed by atoms with Crippen LogP contribution in [0.4, 0.5) is 5.69 Å². The first-order chi connectivity index (χ1) is 9.92. The number of anilines is 1. The van der Waals surface area contributed by atoms with Crippen molar-refractivity contribution in [2.24, 2.45) is 0 Å². The van der Waals surface area contributed by atoms with Crippen molar-refractivity contribution in [3.05, 3.63) is 59.7 Å². The molecule has 0 radical (unpaired) electrons. The molecule has 0 atom stereocenters. The highest BCUT2D eigenvalue weighted by Gasteiger charge is 2.14. The Kier molecular flexibility index (Phi) is 5.06. The molecule has 21 heavy (non-hydrogen) atoms. The molecule has 0 unspecified atom stereocenters. The zero-order chi connectivity index (χ0) is 15.5. The largest absolute Gasteiger partial charge is 0.280 e. The quantitative estimate of drug-likeness (QED) is 0.790. The highest BCUT2D eigenvalue weighted by molar-refractivity contribution is 9.08. The molecule has 0 heterocycles. The smallest absolute Gasteiger partial charge is 0.261 e. The predicted molar refractivity (Wildman–Crippen MR) is 90.4 cm³/mol. The Bertz CT molecular complexity index is 692. The third-order valence-electron chi connectivity index (χ3n) is 3.22. The lowest BCUT2D eigenvalue weighted by molar-refractivity contribution is 0.601. The van der Waals surface area contributed by atoms with Crippen LogP contribution in [0.15, 0.2) is 53.4 Å². The van der Waals surface area contributed by atoms with Crippen LogP contribution in [0, 0.1) is 0 Å². The maximum atomic E-state index is 12.3. The lowest BCUT2D eigenvalue weighted by Crippen LogP contribution is -2.12. The van der Waals surface area contributed by atoms with Gasteiger partial charge in [-0.15, -0.1) is 0 Å². The van der Waals surface area contributed by atoms with Gasteiger partial charge in [-0.2, -0.15) is 0 Å². The van der Waals surface area contributed by atoms with Gasteiger partial charge in [0.25, 0.3) is 10.0 Å². The first kappa shape index (κ1) is 16.0. The van der Waals surface area contributed by atoms with Gasteiger partial charge in [-0.25, -0.2) is 8.42 Å². The second-order valence-electron chi connectivity index (χ2n) is 5.16. The average Bonchev–Trinajstić information content (AvgIpc) is 2.47. The number of nitrogens with one attached hydrogen (secondary N) is 1. The summed E-state index contributed by atoms with van der Waals surface area (Å²) in [4.78, 5) is 0.264. The van der Waals surface area contributed by atoms with Gasteiger partial charge in [0.05, 0.1) is 4.90 Å². The molecule has 3 nitrogen and oxygen atoms in total. The van der Waals surface area contributed by atoms with Crippen molar-refractivity contribution in [2.75, 3.05) is 4.72 Å². The number of halogens is 1. The van der Waals surface area contributed by atoms with Crippen LogP contribution >= 0.6 is 15.9 Å². The monoisotopic (exact) mass is 367 g/mol. The number of rotatable bonds is 5. The Morgan fingerprint density at radius 2 is 1.57 bits per heavy atom. The summed E-state index contributed by atoms with van der Waals surface area (Å²) in [5.74, 6) is 0.424. The van der Waals surface area contributed by atoms with Gasteiger partial charge in [0.15, 0.2) is 0 Å². The van der Waals surface area contributed by atoms with Crippen molar-refractivity contribution < 1.29 is 8.42 Å². The third kappa shape index (κ3) is 4.08. The van der Waals surface area contributed by atoms with Gasteiger partial charge < -0.3 is 0 Å². The van der Waals surface area contributed by atoms with E-state index in [1.165, 1.54) is 5.56 Å². The summed E-state index contributed by atoms with van der Waals surface area (Å²) in [5, 5.41) is 0.706. The number of benzene rings is 2. The van der Waals surface area contributed by atoms with Crippen molar-refractivity contribution in [2.45, 2.75) is 30.0 Å². The second-order valence-corrected chi connectivity index (χ2v) is 7.40. The highest BCUT2D eigenvalue weighted by atomic mass is 79.9. The van der Waals surface area contributed by atoms with Crippen molar-refractivity contribution >= 4 is 31.6 Å². The van der Waals surface area contributed by atoms with Gasteiger partial charge >= 0.3 is 0 Å². The van der Waals surface area contributed by atoms with E-state index in [4.69, 9.17) is 0 Å². The van der Waals surface area contributed by atoms with Crippen LogP contribution in [0.2, 0.25) is 0 Å². The van der Waals surface area contributed by atoms with Crippen LogP contribution in [0.25, 0.3) is 0 Å². The highest BCUT2D eigenvalue weighted by Crippen LogP contribution is 2.20. The molecule has 2 rings (SSSR count). The van der Waals surface area contributed by atoms with Gasteiger partial charge in [-0.05, 0) is 41.3 Å². The van der Waals surface area contributed by atoms with E-state index in [1.54, 1.807) is 36.4 Å². The second kappa shape index (κ2) is 6.62. The number of sulfonamides is 1. The Morgan fingerprint density at radius 1 is 1.00 bits per heavy atom. The van der Waals surface area contributed by atoms with E-state index in [2.05, 4.69) is 34.5 Å². The third-order valence-corrected chi connectivity index (χ3v) is 5.26. The maximum absolute atomic E-state index is 12.3. The van der Waals surface area contributed by atoms with Gasteiger partial charge in [-0.3, -0.25) is 4.72 Å². The summed E-state index contributed by atoms with van der Waals surface area (Å²) in [6, 6.07) is 14.3. The first-order valence-corrected chi connectivity index (χ1v) is 9.30. The van der Waals surface area contributed by atoms with Gasteiger partial charge in [0.2, 0.25) is 0 Å². The fourth-order valence-corrected chi connectivity index (χ4v) is 3.34. The molecule has 0 aliphatic heterocycles. The molecule has 2 aromatic rings. The van der Waals surface area contributed by atoms with Crippen molar-refractivity contribution in [3.8, 4) is 0 Å². The average molecular weight is 368 g/mol. The summed E-state index contributed by atoms with van der Waals surface area (Å²) >= 11 is 3.34. The molecule has 0 aromatic heterocycles. The minimum Gasteiger partial charge on any atom is -0.280 e. The number of alkyl halides is 1. The Balaban J connectivity index is 2.19. The van der Waals surface area contributed by atoms with E-state index in [-0.39, 0.29) is 4.90 Å². The number of hydrogen-bond donors (Lipinski definition) is 1. The molecule has 0 amide bonds. The zero-order valence-corrected chi connectivity index (χ0v) is 14.4. The minimum atomic E-state index is -3.54. The molecular weight excluding hydrogens is 350 g/mol. The molecule has 0 spiro atoms. The van der Waals surface area contributed by atoms with Crippen LogP contribution in [-0.2, 0) is 15.4 Å². The Labute approximate surface area is 134 Å². The SMILES string of the molecule is CC(C)c1ccc(NS(=O)(=O)c2ccc(CBr)cc2)cc1. The van der Waals surface area contributed by atoms with Gasteiger partial charge in [-0.1, -0.05) is 54.0 Å². The molecule has 0 fully saturated rings. The van der Waals surface area contributed by atoms with Crippen molar-refractivity contribution in [3.63, 3.8) is 0 Å². The first-order valence-electron chi connectivity index (χ1n) is 6.70. The summed E-state index contributed by atoms with van der Waals surface area (Å²) in [7, 11) is -3.54. The molecule has 112 valence electrons. The molecule has 0 saturated heterocycles. The lowest BCUT2D eigenvalue weighted by Gasteiger charge is -2.10. The predicted octanol–water partition coefficient (Wildman–Crippen LogP) is 4.51. The molecule has 1 N–H and O–H groups in total. The van der Waals surface area contributed by atoms with Crippen LogP contribution in [0.5, 0.6) is 0 Å². The van der Waals surface area contributed by atoms with E-state index >= 15 is 0 Å². The van der Waals surface area contributed by atoms with Crippen molar-refractivity contribution in [1.29, 1.82) is 0 Å². The van der Waals surface area contributed by atoms with E-state index in [0.717, 1.165) is 5.56 Å². The Hall–Kier alpha value is -1.33. The van der Waals surface area contributed by atoms with Crippen molar-refractivity contribution in [1.82, 2.24) is 0 Å². The van der Waals surface area contributed by atoms with E-state index in [0.29, 0.717) is 16.9 Å². The van der Waals surface area contributed by atoms with E-state index in [1.807, 2.05) is 12.1 Å². The zero-order valence-electron chi connectivity index (χ0n) is 12.0. The topological polar surface area (TPSA) is 46.2 Å². The van der Waals surface area contributed by atoms with Crippen LogP contribution in [0.3, 0.4) is 0 Å². The molecule has 0 saturated carbocycles. The van der Waals surface area contributed by atoms with Crippen LogP contribution in [-0.4, -0.2) is 8.42 Å². The summed E-state index contributed by atoms with van der Waals surface area (Å²) in [6.45, 7) is 4.20. The van der Waals surface area contributed by atoms with E-state index < -0.39 is 10.0 Å². The molecule has 5 heteroatoms. The summed E-state index contributed by atoms with van der Waals surface area (Å²) < 4.78 is 27.2. The summed E-state index contributed by atoms with van der Waals surface area (Å²) in [5.41, 5.74) is 2.79. The summed E-state index contributed by atoms with van der Waals surface area (Å²) in [6.07, 6.45) is 0. The lowest BCUT2D eigenvalue weighted by atomic mass is 10.0. The van der Waals surface area contributed by atoms with Crippen LogP contribution < -0.4 is 4.72 Å². The van der Waals surface area contributed by atoms with E-state index in [9.17, 15) is 8.42 Å². The fraction of sp³-hybridized carbons (Fsp3) is 0.250. The Morgan fingerprint density at radius 3 is 2.05 bits per heavy atom.